The summed E-state index contributed by atoms with van der Waals surface area (Å²) in [6, 6.07) is 18.5. The first kappa shape index (κ1) is 19.8. The zero-order valence-corrected chi connectivity index (χ0v) is 17.0. The van der Waals surface area contributed by atoms with Crippen LogP contribution in [-0.4, -0.2) is 18.5 Å². The molecular weight excluding hydrogens is 378 g/mol. The molecule has 3 amide bonds. The molecule has 4 rings (SSSR count). The third-order valence-corrected chi connectivity index (χ3v) is 5.20. The molecule has 30 heavy (non-hydrogen) atoms. The molecule has 0 fully saturated rings. The number of furan rings is 1. The van der Waals surface area contributed by atoms with Crippen LogP contribution in [0.4, 0.5) is 16.2 Å². The Labute approximate surface area is 175 Å². The topological polar surface area (TPSA) is 74.6 Å². The van der Waals surface area contributed by atoms with Gasteiger partial charge in [-0.2, -0.15) is 0 Å². The van der Waals surface area contributed by atoms with Crippen LogP contribution in [0, 0.1) is 6.92 Å². The van der Waals surface area contributed by atoms with E-state index in [1.54, 1.807) is 29.2 Å². The van der Waals surface area contributed by atoms with Crippen LogP contribution in [0.2, 0.25) is 0 Å². The van der Waals surface area contributed by atoms with E-state index in [1.807, 2.05) is 37.3 Å². The summed E-state index contributed by atoms with van der Waals surface area (Å²) >= 11 is 0. The van der Waals surface area contributed by atoms with Gasteiger partial charge in [0.15, 0.2) is 0 Å². The van der Waals surface area contributed by atoms with Crippen LogP contribution in [0.5, 0.6) is 0 Å². The molecule has 0 aliphatic carbocycles. The number of hydrogen-bond acceptors (Lipinski definition) is 3. The van der Waals surface area contributed by atoms with Gasteiger partial charge in [-0.1, -0.05) is 24.3 Å². The molecular formula is C24H25N3O3. The Kier molecular flexibility index (Phi) is 5.84. The van der Waals surface area contributed by atoms with E-state index < -0.39 is 0 Å². The van der Waals surface area contributed by atoms with Crippen molar-refractivity contribution in [3.8, 4) is 0 Å². The van der Waals surface area contributed by atoms with Crippen LogP contribution in [-0.2, 0) is 13.0 Å². The SMILES string of the molecule is Cc1ccc(CNC(=O)c2cccc(NC(=O)N3CCCCc4ccccc43)c2)o1. The van der Waals surface area contributed by atoms with Crippen LogP contribution in [0.25, 0.3) is 0 Å². The number of carbonyl (C=O) groups excluding carboxylic acids is 2. The normalized spacial score (nSPS) is 13.3. The number of nitrogens with zero attached hydrogens (tertiary/aromatic N) is 1. The van der Waals surface area contributed by atoms with Gasteiger partial charge in [0, 0.05) is 23.5 Å². The van der Waals surface area contributed by atoms with E-state index in [0.717, 1.165) is 30.7 Å². The van der Waals surface area contributed by atoms with Gasteiger partial charge in [-0.25, -0.2) is 4.79 Å². The molecule has 0 spiro atoms. The second-order valence-corrected chi connectivity index (χ2v) is 7.44. The minimum absolute atomic E-state index is 0.187. The molecule has 0 atom stereocenters. The molecule has 1 aliphatic heterocycles. The van der Waals surface area contributed by atoms with E-state index in [9.17, 15) is 9.59 Å². The number of urea groups is 1. The number of rotatable bonds is 4. The number of aryl methyl sites for hydroxylation is 2. The third-order valence-electron chi connectivity index (χ3n) is 5.20. The molecule has 0 bridgehead atoms. The Hall–Kier alpha value is -3.54. The lowest BCUT2D eigenvalue weighted by Crippen LogP contribution is -2.35. The quantitative estimate of drug-likeness (QED) is 0.651. The molecule has 0 saturated carbocycles. The molecule has 1 aromatic heterocycles. The number of benzene rings is 2. The first-order valence-electron chi connectivity index (χ1n) is 10.2. The van der Waals surface area contributed by atoms with Gasteiger partial charge in [0.2, 0.25) is 0 Å². The van der Waals surface area contributed by atoms with Gasteiger partial charge in [-0.05, 0) is 68.1 Å². The predicted octanol–water partition coefficient (Wildman–Crippen LogP) is 4.89. The summed E-state index contributed by atoms with van der Waals surface area (Å²) < 4.78 is 5.47. The summed E-state index contributed by atoms with van der Waals surface area (Å²) in [5, 5.41) is 5.78. The van der Waals surface area contributed by atoms with E-state index in [0.29, 0.717) is 30.1 Å². The zero-order valence-electron chi connectivity index (χ0n) is 17.0. The van der Waals surface area contributed by atoms with Gasteiger partial charge >= 0.3 is 6.03 Å². The monoisotopic (exact) mass is 403 g/mol. The standard InChI is InChI=1S/C24H25N3O3/c1-17-12-13-21(30-17)16-25-23(28)19-9-6-10-20(15-19)26-24(29)27-14-5-4-8-18-7-2-3-11-22(18)27/h2-3,6-7,9-13,15H,4-5,8,14,16H2,1H3,(H,25,28)(H,26,29). The van der Waals surface area contributed by atoms with Crippen LogP contribution >= 0.6 is 0 Å². The number of para-hydroxylation sites is 1. The van der Waals surface area contributed by atoms with E-state index in [1.165, 1.54) is 5.56 Å². The minimum Gasteiger partial charge on any atom is -0.465 e. The number of nitrogens with one attached hydrogen (secondary N) is 2. The lowest BCUT2D eigenvalue weighted by Gasteiger charge is -2.23. The highest BCUT2D eigenvalue weighted by atomic mass is 16.3. The Balaban J connectivity index is 1.44. The van der Waals surface area contributed by atoms with E-state index in [-0.39, 0.29) is 11.9 Å². The molecule has 2 aromatic carbocycles. The summed E-state index contributed by atoms with van der Waals surface area (Å²) in [4.78, 5) is 27.3. The van der Waals surface area contributed by atoms with Gasteiger partial charge < -0.3 is 15.1 Å². The Morgan fingerprint density at radius 3 is 2.73 bits per heavy atom. The fraction of sp³-hybridized carbons (Fsp3) is 0.250. The van der Waals surface area contributed by atoms with Crippen LogP contribution in [0.15, 0.2) is 65.1 Å². The van der Waals surface area contributed by atoms with Crippen molar-refractivity contribution in [1.29, 1.82) is 0 Å². The predicted molar refractivity (Wildman–Crippen MR) is 117 cm³/mol. The maximum atomic E-state index is 13.0. The van der Waals surface area contributed by atoms with Crippen molar-refractivity contribution in [2.45, 2.75) is 32.7 Å². The van der Waals surface area contributed by atoms with Crippen molar-refractivity contribution in [2.24, 2.45) is 0 Å². The largest absolute Gasteiger partial charge is 0.465 e. The van der Waals surface area contributed by atoms with Gasteiger partial charge in [0.05, 0.1) is 6.54 Å². The molecule has 2 heterocycles. The number of amides is 3. The average Bonchev–Trinajstić information content (AvgIpc) is 3.05. The maximum Gasteiger partial charge on any atom is 0.326 e. The Morgan fingerprint density at radius 2 is 1.90 bits per heavy atom. The third kappa shape index (κ3) is 4.54. The minimum atomic E-state index is -0.222. The second kappa shape index (κ2) is 8.86. The summed E-state index contributed by atoms with van der Waals surface area (Å²) in [5.41, 5.74) is 3.21. The van der Waals surface area contributed by atoms with Crippen LogP contribution < -0.4 is 15.5 Å². The Bertz CT molecular complexity index is 1060. The van der Waals surface area contributed by atoms with Crippen LogP contribution in [0.3, 0.4) is 0 Å². The first-order chi connectivity index (χ1) is 14.6. The maximum absolute atomic E-state index is 13.0. The Morgan fingerprint density at radius 1 is 1.03 bits per heavy atom. The summed E-state index contributed by atoms with van der Waals surface area (Å²) in [6.07, 6.45) is 2.99. The van der Waals surface area contributed by atoms with Crippen LogP contribution in [0.1, 0.15) is 40.3 Å². The van der Waals surface area contributed by atoms with Gasteiger partial charge in [0.25, 0.3) is 5.91 Å². The fourth-order valence-corrected chi connectivity index (χ4v) is 3.68. The van der Waals surface area contributed by atoms with Gasteiger partial charge in [-0.3, -0.25) is 9.69 Å². The van der Waals surface area contributed by atoms with E-state index in [4.69, 9.17) is 4.42 Å². The van der Waals surface area contributed by atoms with E-state index >= 15 is 0 Å². The zero-order chi connectivity index (χ0) is 20.9. The van der Waals surface area contributed by atoms with E-state index in [2.05, 4.69) is 16.7 Å². The van der Waals surface area contributed by atoms with Crippen molar-refractivity contribution in [2.75, 3.05) is 16.8 Å². The highest BCUT2D eigenvalue weighted by Gasteiger charge is 2.21. The van der Waals surface area contributed by atoms with Crippen molar-refractivity contribution < 1.29 is 14.0 Å². The lowest BCUT2D eigenvalue weighted by atomic mass is 10.1. The number of fused-ring (bicyclic) bond motifs is 1. The van der Waals surface area contributed by atoms with Crippen molar-refractivity contribution >= 4 is 23.3 Å². The first-order valence-corrected chi connectivity index (χ1v) is 10.2. The highest BCUT2D eigenvalue weighted by Crippen LogP contribution is 2.26. The molecule has 0 saturated heterocycles. The van der Waals surface area contributed by atoms with Gasteiger partial charge in [-0.15, -0.1) is 0 Å². The lowest BCUT2D eigenvalue weighted by molar-refractivity contribution is 0.0948. The summed E-state index contributed by atoms with van der Waals surface area (Å²) in [7, 11) is 0. The molecule has 0 unspecified atom stereocenters. The smallest absolute Gasteiger partial charge is 0.326 e. The molecule has 3 aromatic rings. The fourth-order valence-electron chi connectivity index (χ4n) is 3.68. The number of carbonyl (C=O) groups is 2. The highest BCUT2D eigenvalue weighted by molar-refractivity contribution is 6.03. The molecule has 0 radical (unpaired) electrons. The van der Waals surface area contributed by atoms with Crippen molar-refractivity contribution in [1.82, 2.24) is 5.32 Å². The average molecular weight is 403 g/mol. The molecule has 6 heteroatoms. The molecule has 6 nitrogen and oxygen atoms in total. The summed E-state index contributed by atoms with van der Waals surface area (Å²) in [6.45, 7) is 2.85. The molecule has 154 valence electrons. The number of hydrogen-bond donors (Lipinski definition) is 2. The number of anilines is 2. The molecule has 1 aliphatic rings. The van der Waals surface area contributed by atoms with Crippen molar-refractivity contribution in [3.05, 3.63) is 83.3 Å². The second-order valence-electron chi connectivity index (χ2n) is 7.44. The van der Waals surface area contributed by atoms with Gasteiger partial charge in [0.1, 0.15) is 11.5 Å². The van der Waals surface area contributed by atoms with Crippen molar-refractivity contribution in [3.63, 3.8) is 0 Å². The molecule has 2 N–H and O–H groups in total. The summed E-state index contributed by atoms with van der Waals surface area (Å²) in [5.74, 6) is 1.28.